The van der Waals surface area contributed by atoms with Gasteiger partial charge in [-0.3, -0.25) is 4.79 Å². The first-order valence-electron chi connectivity index (χ1n) is 9.99. The average molecular weight is 484 g/mol. The van der Waals surface area contributed by atoms with E-state index in [0.717, 1.165) is 32.1 Å². The molecular weight excluding hydrogens is 462 g/mol. The first-order chi connectivity index (χ1) is 15.0. The van der Waals surface area contributed by atoms with Crippen molar-refractivity contribution >= 4 is 44.3 Å². The van der Waals surface area contributed by atoms with E-state index >= 15 is 0 Å². The molecule has 1 atom stereocenters. The molecule has 3 aromatic carbocycles. The molecule has 0 bridgehead atoms. The summed E-state index contributed by atoms with van der Waals surface area (Å²) in [5.74, 6) is 0.257. The first kappa shape index (κ1) is 21.2. The number of esters is 1. The molecule has 0 fully saturated rings. The minimum absolute atomic E-state index is 0.0383. The van der Waals surface area contributed by atoms with E-state index in [1.165, 1.54) is 7.11 Å². The Morgan fingerprint density at radius 3 is 2.68 bits per heavy atom. The standard InChI is InChI=1S/C24H22BrNO5/c1-3-30-20-10-16(18(25)12-21(20)31-13-23(28)29-2)17-11-22(27)26-19-9-8-14-6-4-5-7-15(14)24(17)19/h4-10,12,17H,3,11,13H2,1-2H3,(H,26,27). The summed E-state index contributed by atoms with van der Waals surface area (Å²) in [6.07, 6.45) is 0.313. The molecule has 1 amide bonds. The minimum atomic E-state index is -0.480. The molecule has 1 aliphatic rings. The maximum absolute atomic E-state index is 12.5. The van der Waals surface area contributed by atoms with Gasteiger partial charge in [-0.05, 0) is 47.0 Å². The highest BCUT2D eigenvalue weighted by Gasteiger charge is 2.30. The number of nitrogens with one attached hydrogen (secondary N) is 1. The molecule has 0 saturated heterocycles. The summed E-state index contributed by atoms with van der Waals surface area (Å²) >= 11 is 3.64. The Labute approximate surface area is 188 Å². The number of ether oxygens (including phenoxy) is 3. The molecule has 0 aromatic heterocycles. The summed E-state index contributed by atoms with van der Waals surface area (Å²) in [4.78, 5) is 24.0. The predicted molar refractivity (Wildman–Crippen MR) is 122 cm³/mol. The number of halogens is 1. The van der Waals surface area contributed by atoms with Gasteiger partial charge in [0.25, 0.3) is 0 Å². The molecule has 6 nitrogen and oxygen atoms in total. The zero-order chi connectivity index (χ0) is 22.0. The molecule has 0 aliphatic carbocycles. The van der Waals surface area contributed by atoms with Gasteiger partial charge in [-0.25, -0.2) is 4.79 Å². The van der Waals surface area contributed by atoms with Crippen LogP contribution in [-0.4, -0.2) is 32.2 Å². The third-order valence-electron chi connectivity index (χ3n) is 5.29. The van der Waals surface area contributed by atoms with Crippen LogP contribution in [0.1, 0.15) is 30.4 Å². The van der Waals surface area contributed by atoms with E-state index in [1.807, 2.05) is 37.3 Å². The number of hydrogen-bond acceptors (Lipinski definition) is 5. The van der Waals surface area contributed by atoms with E-state index in [2.05, 4.69) is 38.1 Å². The van der Waals surface area contributed by atoms with Gasteiger partial charge in [-0.2, -0.15) is 0 Å². The molecule has 0 saturated carbocycles. The number of carbonyl (C=O) groups excluding carboxylic acids is 2. The van der Waals surface area contributed by atoms with Crippen LogP contribution in [0, 0.1) is 0 Å². The molecule has 31 heavy (non-hydrogen) atoms. The van der Waals surface area contributed by atoms with Gasteiger partial charge in [0.05, 0.1) is 13.7 Å². The van der Waals surface area contributed by atoms with Crippen LogP contribution in [0.25, 0.3) is 10.8 Å². The van der Waals surface area contributed by atoms with Crippen molar-refractivity contribution in [3.63, 3.8) is 0 Å². The van der Waals surface area contributed by atoms with Crippen molar-refractivity contribution in [3.05, 3.63) is 64.1 Å². The molecule has 3 aromatic rings. The van der Waals surface area contributed by atoms with Crippen LogP contribution >= 0.6 is 15.9 Å². The van der Waals surface area contributed by atoms with E-state index in [9.17, 15) is 9.59 Å². The number of anilines is 1. The van der Waals surface area contributed by atoms with Crippen molar-refractivity contribution in [2.24, 2.45) is 0 Å². The molecule has 1 unspecified atom stereocenters. The summed E-state index contributed by atoms with van der Waals surface area (Å²) in [5.41, 5.74) is 2.81. The van der Waals surface area contributed by atoms with Gasteiger partial charge in [0.1, 0.15) is 0 Å². The quantitative estimate of drug-likeness (QED) is 0.497. The largest absolute Gasteiger partial charge is 0.490 e. The second-order valence-corrected chi connectivity index (χ2v) is 8.03. The van der Waals surface area contributed by atoms with Crippen LogP contribution in [0.3, 0.4) is 0 Å². The second kappa shape index (κ2) is 8.98. The van der Waals surface area contributed by atoms with Gasteiger partial charge in [-0.1, -0.05) is 46.3 Å². The van der Waals surface area contributed by atoms with E-state index < -0.39 is 5.97 Å². The normalized spacial score (nSPS) is 15.2. The Balaban J connectivity index is 1.83. The van der Waals surface area contributed by atoms with E-state index in [1.54, 1.807) is 6.07 Å². The van der Waals surface area contributed by atoms with Gasteiger partial charge in [0.15, 0.2) is 18.1 Å². The lowest BCUT2D eigenvalue weighted by molar-refractivity contribution is -0.142. The van der Waals surface area contributed by atoms with Crippen molar-refractivity contribution in [1.82, 2.24) is 0 Å². The van der Waals surface area contributed by atoms with Crippen molar-refractivity contribution < 1.29 is 23.8 Å². The van der Waals surface area contributed by atoms with Gasteiger partial charge in [0.2, 0.25) is 5.91 Å². The molecular formula is C24H22BrNO5. The summed E-state index contributed by atoms with van der Waals surface area (Å²) in [6.45, 7) is 2.09. The van der Waals surface area contributed by atoms with Crippen molar-refractivity contribution in [2.75, 3.05) is 25.6 Å². The van der Waals surface area contributed by atoms with Crippen LogP contribution in [0.5, 0.6) is 11.5 Å². The Kier molecular flexibility index (Phi) is 6.13. The average Bonchev–Trinajstić information content (AvgIpc) is 2.78. The number of rotatable bonds is 6. The lowest BCUT2D eigenvalue weighted by atomic mass is 9.82. The molecule has 1 N–H and O–H groups in total. The fraction of sp³-hybridized carbons (Fsp3) is 0.250. The summed E-state index contributed by atoms with van der Waals surface area (Å²) in [5, 5.41) is 5.21. The molecule has 1 aliphatic heterocycles. The maximum atomic E-state index is 12.5. The highest BCUT2D eigenvalue weighted by atomic mass is 79.9. The highest BCUT2D eigenvalue weighted by Crippen LogP contribution is 2.46. The molecule has 4 rings (SSSR count). The van der Waals surface area contributed by atoms with E-state index in [0.29, 0.717) is 24.5 Å². The van der Waals surface area contributed by atoms with Gasteiger partial charge in [0, 0.05) is 22.5 Å². The number of fused-ring (bicyclic) bond motifs is 3. The van der Waals surface area contributed by atoms with Crippen LogP contribution in [0.15, 0.2) is 53.0 Å². The topological polar surface area (TPSA) is 73.9 Å². The minimum Gasteiger partial charge on any atom is -0.490 e. The molecule has 7 heteroatoms. The second-order valence-electron chi connectivity index (χ2n) is 7.17. The Morgan fingerprint density at radius 2 is 1.90 bits per heavy atom. The van der Waals surface area contributed by atoms with Crippen LogP contribution in [0.2, 0.25) is 0 Å². The smallest absolute Gasteiger partial charge is 0.343 e. The molecule has 0 spiro atoms. The number of carbonyl (C=O) groups is 2. The van der Waals surface area contributed by atoms with Gasteiger partial charge in [-0.15, -0.1) is 0 Å². The number of hydrogen-bond donors (Lipinski definition) is 1. The Morgan fingerprint density at radius 1 is 1.13 bits per heavy atom. The number of benzene rings is 3. The summed E-state index contributed by atoms with van der Waals surface area (Å²) in [6, 6.07) is 15.8. The lowest BCUT2D eigenvalue weighted by Gasteiger charge is -2.29. The summed E-state index contributed by atoms with van der Waals surface area (Å²) in [7, 11) is 1.31. The fourth-order valence-electron chi connectivity index (χ4n) is 3.93. The third kappa shape index (κ3) is 4.23. The Hall–Kier alpha value is -3.06. The van der Waals surface area contributed by atoms with Crippen molar-refractivity contribution in [1.29, 1.82) is 0 Å². The van der Waals surface area contributed by atoms with Gasteiger partial charge >= 0.3 is 5.97 Å². The van der Waals surface area contributed by atoms with Gasteiger partial charge < -0.3 is 19.5 Å². The SMILES string of the molecule is CCOc1cc(C2CC(=O)Nc3ccc4ccccc4c32)c(Br)cc1OCC(=O)OC. The van der Waals surface area contributed by atoms with E-state index in [4.69, 9.17) is 9.47 Å². The predicted octanol–water partition coefficient (Wildman–Crippen LogP) is 5.03. The third-order valence-corrected chi connectivity index (χ3v) is 5.98. The first-order valence-corrected chi connectivity index (χ1v) is 10.8. The highest BCUT2D eigenvalue weighted by molar-refractivity contribution is 9.10. The van der Waals surface area contributed by atoms with Crippen LogP contribution in [-0.2, 0) is 14.3 Å². The molecule has 0 radical (unpaired) electrons. The Bertz CT molecular complexity index is 1160. The lowest BCUT2D eigenvalue weighted by Crippen LogP contribution is -2.24. The maximum Gasteiger partial charge on any atom is 0.343 e. The number of amides is 1. The zero-order valence-corrected chi connectivity index (χ0v) is 18.8. The van der Waals surface area contributed by atoms with Crippen molar-refractivity contribution in [3.8, 4) is 11.5 Å². The molecule has 1 heterocycles. The summed E-state index contributed by atoms with van der Waals surface area (Å²) < 4.78 is 16.8. The van der Waals surface area contributed by atoms with Crippen LogP contribution < -0.4 is 14.8 Å². The van der Waals surface area contributed by atoms with Crippen molar-refractivity contribution in [2.45, 2.75) is 19.3 Å². The fourth-order valence-corrected chi connectivity index (χ4v) is 4.53. The van der Waals surface area contributed by atoms with E-state index in [-0.39, 0.29) is 18.4 Å². The zero-order valence-electron chi connectivity index (χ0n) is 17.2. The molecule has 160 valence electrons. The number of methoxy groups -OCH3 is 1. The monoisotopic (exact) mass is 483 g/mol. The van der Waals surface area contributed by atoms with Crippen LogP contribution in [0.4, 0.5) is 5.69 Å².